The number of hydrogen-bond donors (Lipinski definition) is 2. The SMILES string of the molecule is N#Cc1cc(NC(=O)c2cn[nH]n2)ccc1F. The molecule has 6 nitrogen and oxygen atoms in total. The highest BCUT2D eigenvalue weighted by atomic mass is 19.1. The van der Waals surface area contributed by atoms with Gasteiger partial charge in [0, 0.05) is 5.69 Å². The van der Waals surface area contributed by atoms with Crippen molar-refractivity contribution in [1.82, 2.24) is 15.4 Å². The molecule has 7 heteroatoms. The average molecular weight is 231 g/mol. The monoisotopic (exact) mass is 231 g/mol. The predicted octanol–water partition coefficient (Wildman–Crippen LogP) is 1.07. The fraction of sp³-hybridized carbons (Fsp3) is 0. The smallest absolute Gasteiger partial charge is 0.277 e. The Kier molecular flexibility index (Phi) is 2.79. The van der Waals surface area contributed by atoms with E-state index in [9.17, 15) is 9.18 Å². The van der Waals surface area contributed by atoms with Crippen LogP contribution >= 0.6 is 0 Å². The molecule has 0 fully saturated rings. The van der Waals surface area contributed by atoms with Crippen molar-refractivity contribution in [3.63, 3.8) is 0 Å². The molecular formula is C10H6FN5O. The molecule has 17 heavy (non-hydrogen) atoms. The van der Waals surface area contributed by atoms with Crippen molar-refractivity contribution in [3.05, 3.63) is 41.5 Å². The minimum absolute atomic E-state index is 0.104. The number of amides is 1. The largest absolute Gasteiger partial charge is 0.320 e. The quantitative estimate of drug-likeness (QED) is 0.808. The second-order valence-corrected chi connectivity index (χ2v) is 3.12. The molecule has 2 N–H and O–H groups in total. The second kappa shape index (κ2) is 4.40. The van der Waals surface area contributed by atoms with Crippen LogP contribution in [0.3, 0.4) is 0 Å². The minimum Gasteiger partial charge on any atom is -0.320 e. The summed E-state index contributed by atoms with van der Waals surface area (Å²) < 4.78 is 13.0. The van der Waals surface area contributed by atoms with Crippen LogP contribution in [0, 0.1) is 17.1 Å². The predicted molar refractivity (Wildman–Crippen MR) is 55.5 cm³/mol. The number of aromatic nitrogens is 3. The number of halogens is 1. The van der Waals surface area contributed by atoms with Crippen LogP contribution in [-0.2, 0) is 0 Å². The highest BCUT2D eigenvalue weighted by Gasteiger charge is 2.10. The Hall–Kier alpha value is -2.75. The van der Waals surface area contributed by atoms with E-state index in [1.165, 1.54) is 18.3 Å². The number of carbonyl (C=O) groups excluding carboxylic acids is 1. The Morgan fingerprint density at radius 3 is 3.00 bits per heavy atom. The lowest BCUT2D eigenvalue weighted by atomic mass is 10.2. The van der Waals surface area contributed by atoms with Crippen LogP contribution in [0.15, 0.2) is 24.4 Å². The fourth-order valence-corrected chi connectivity index (χ4v) is 1.19. The summed E-state index contributed by atoms with van der Waals surface area (Å²) in [6.07, 6.45) is 1.25. The van der Waals surface area contributed by atoms with Gasteiger partial charge in [-0.3, -0.25) is 4.79 Å². The van der Waals surface area contributed by atoms with Crippen LogP contribution in [0.5, 0.6) is 0 Å². The van der Waals surface area contributed by atoms with Crippen molar-refractivity contribution >= 4 is 11.6 Å². The molecule has 0 saturated carbocycles. The van der Waals surface area contributed by atoms with Crippen LogP contribution in [0.25, 0.3) is 0 Å². The van der Waals surface area contributed by atoms with Crippen LogP contribution in [0.4, 0.5) is 10.1 Å². The summed E-state index contributed by atoms with van der Waals surface area (Å²) in [5.41, 5.74) is 0.284. The number of anilines is 1. The maximum Gasteiger partial charge on any atom is 0.277 e. The van der Waals surface area contributed by atoms with E-state index in [0.29, 0.717) is 5.69 Å². The first-order chi connectivity index (χ1) is 8.20. The van der Waals surface area contributed by atoms with Gasteiger partial charge in [-0.2, -0.15) is 20.7 Å². The van der Waals surface area contributed by atoms with E-state index in [0.717, 1.165) is 6.07 Å². The Labute approximate surface area is 95.1 Å². The number of nitriles is 1. The fourth-order valence-electron chi connectivity index (χ4n) is 1.19. The molecule has 1 aromatic carbocycles. The maximum atomic E-state index is 13.0. The molecule has 1 amide bonds. The van der Waals surface area contributed by atoms with Gasteiger partial charge in [0.1, 0.15) is 11.9 Å². The molecule has 0 aliphatic heterocycles. The van der Waals surface area contributed by atoms with E-state index in [-0.39, 0.29) is 11.3 Å². The van der Waals surface area contributed by atoms with Gasteiger partial charge >= 0.3 is 0 Å². The molecule has 0 radical (unpaired) electrons. The average Bonchev–Trinajstić information content (AvgIpc) is 2.85. The molecule has 2 aromatic rings. The zero-order valence-corrected chi connectivity index (χ0v) is 8.44. The molecule has 0 aliphatic carbocycles. The summed E-state index contributed by atoms with van der Waals surface area (Å²) in [4.78, 5) is 11.5. The molecule has 84 valence electrons. The summed E-state index contributed by atoms with van der Waals surface area (Å²) in [5.74, 6) is -1.12. The Morgan fingerprint density at radius 1 is 1.53 bits per heavy atom. The first-order valence-electron chi connectivity index (χ1n) is 4.57. The summed E-state index contributed by atoms with van der Waals surface area (Å²) in [7, 11) is 0. The molecule has 2 rings (SSSR count). The standard InChI is InChI=1S/C10H6FN5O/c11-8-2-1-7(3-6(8)4-12)14-10(17)9-5-13-16-15-9/h1-3,5H,(H,14,17)(H,13,15,16). The van der Waals surface area contributed by atoms with Gasteiger partial charge in [0.25, 0.3) is 5.91 Å². The van der Waals surface area contributed by atoms with Gasteiger partial charge in [0.05, 0.1) is 11.8 Å². The number of nitrogens with zero attached hydrogens (tertiary/aromatic N) is 3. The third-order valence-electron chi connectivity index (χ3n) is 1.99. The molecule has 0 unspecified atom stereocenters. The van der Waals surface area contributed by atoms with Gasteiger partial charge < -0.3 is 5.32 Å². The Bertz CT molecular complexity index is 587. The van der Waals surface area contributed by atoms with Gasteiger partial charge in [-0.25, -0.2) is 4.39 Å². The Morgan fingerprint density at radius 2 is 2.35 bits per heavy atom. The summed E-state index contributed by atoms with van der Waals surface area (Å²) in [5, 5.41) is 20.5. The van der Waals surface area contributed by atoms with E-state index < -0.39 is 11.7 Å². The lowest BCUT2D eigenvalue weighted by molar-refractivity contribution is 0.102. The van der Waals surface area contributed by atoms with Gasteiger partial charge in [-0.1, -0.05) is 0 Å². The first kappa shape index (κ1) is 10.8. The summed E-state index contributed by atoms with van der Waals surface area (Å²) >= 11 is 0. The number of carbonyl (C=O) groups is 1. The molecule has 0 bridgehead atoms. The van der Waals surface area contributed by atoms with Crippen LogP contribution in [-0.4, -0.2) is 21.3 Å². The topological polar surface area (TPSA) is 94.5 Å². The van der Waals surface area contributed by atoms with Crippen molar-refractivity contribution in [1.29, 1.82) is 5.26 Å². The van der Waals surface area contributed by atoms with Crippen molar-refractivity contribution in [2.24, 2.45) is 0 Å². The third-order valence-corrected chi connectivity index (χ3v) is 1.99. The maximum absolute atomic E-state index is 13.0. The number of aromatic amines is 1. The van der Waals surface area contributed by atoms with Crippen molar-refractivity contribution in [2.75, 3.05) is 5.32 Å². The van der Waals surface area contributed by atoms with E-state index >= 15 is 0 Å². The molecular weight excluding hydrogens is 225 g/mol. The number of H-pyrrole nitrogens is 1. The zero-order chi connectivity index (χ0) is 12.3. The zero-order valence-electron chi connectivity index (χ0n) is 8.44. The lowest BCUT2D eigenvalue weighted by Crippen LogP contribution is -2.12. The van der Waals surface area contributed by atoms with E-state index in [4.69, 9.17) is 5.26 Å². The third kappa shape index (κ3) is 2.26. The van der Waals surface area contributed by atoms with Crippen molar-refractivity contribution in [2.45, 2.75) is 0 Å². The molecule has 0 saturated heterocycles. The highest BCUT2D eigenvalue weighted by molar-refractivity contribution is 6.02. The lowest BCUT2D eigenvalue weighted by Gasteiger charge is -2.03. The van der Waals surface area contributed by atoms with E-state index in [1.54, 1.807) is 6.07 Å². The van der Waals surface area contributed by atoms with Gasteiger partial charge in [0.2, 0.25) is 0 Å². The number of hydrogen-bond acceptors (Lipinski definition) is 4. The first-order valence-corrected chi connectivity index (χ1v) is 4.57. The number of nitrogens with one attached hydrogen (secondary N) is 2. The number of rotatable bonds is 2. The molecule has 1 aromatic heterocycles. The van der Waals surface area contributed by atoms with Crippen molar-refractivity contribution < 1.29 is 9.18 Å². The highest BCUT2D eigenvalue weighted by Crippen LogP contribution is 2.14. The minimum atomic E-state index is -0.632. The van der Waals surface area contributed by atoms with Crippen molar-refractivity contribution in [3.8, 4) is 6.07 Å². The normalized spacial score (nSPS) is 9.65. The second-order valence-electron chi connectivity index (χ2n) is 3.12. The molecule has 0 spiro atoms. The van der Waals surface area contributed by atoms with Gasteiger partial charge in [-0.05, 0) is 18.2 Å². The summed E-state index contributed by atoms with van der Waals surface area (Å²) in [6, 6.07) is 5.39. The molecule has 0 aliphatic rings. The Balaban J connectivity index is 2.20. The molecule has 1 heterocycles. The van der Waals surface area contributed by atoms with Crippen LogP contribution < -0.4 is 5.32 Å². The van der Waals surface area contributed by atoms with Crippen LogP contribution in [0.2, 0.25) is 0 Å². The van der Waals surface area contributed by atoms with Gasteiger partial charge in [-0.15, -0.1) is 0 Å². The van der Waals surface area contributed by atoms with Gasteiger partial charge in [0.15, 0.2) is 5.69 Å². The van der Waals surface area contributed by atoms with E-state index in [2.05, 4.69) is 20.7 Å². The summed E-state index contributed by atoms with van der Waals surface area (Å²) in [6.45, 7) is 0. The molecule has 0 atom stereocenters. The number of benzene rings is 1. The van der Waals surface area contributed by atoms with Crippen LogP contribution in [0.1, 0.15) is 16.1 Å². The van der Waals surface area contributed by atoms with E-state index in [1.807, 2.05) is 0 Å².